The Morgan fingerprint density at radius 1 is 0.967 bits per heavy atom. The maximum Gasteiger partial charge on any atom is 0.352 e. The van der Waals surface area contributed by atoms with E-state index in [9.17, 15) is 14.3 Å². The quantitative estimate of drug-likeness (QED) is 0.451. The van der Waals surface area contributed by atoms with Crippen LogP contribution < -0.4 is 5.32 Å². The topological polar surface area (TPSA) is 54.3 Å². The molecule has 152 valence electrons. The number of fused-ring (bicyclic) bond motifs is 1. The molecule has 3 aromatic carbocycles. The smallest absolute Gasteiger partial charge is 0.352 e. The van der Waals surface area contributed by atoms with Gasteiger partial charge in [0.15, 0.2) is 0 Å². The number of para-hydroxylation sites is 1. The summed E-state index contributed by atoms with van der Waals surface area (Å²) < 4.78 is 15.1. The van der Waals surface area contributed by atoms with Crippen molar-refractivity contribution >= 4 is 16.9 Å². The molecule has 0 aliphatic heterocycles. The molecule has 0 aliphatic carbocycles. The zero-order chi connectivity index (χ0) is 21.1. The van der Waals surface area contributed by atoms with Crippen molar-refractivity contribution in [1.29, 1.82) is 0 Å². The highest BCUT2D eigenvalue weighted by molar-refractivity contribution is 5.98. The zero-order valence-electron chi connectivity index (χ0n) is 16.7. The summed E-state index contributed by atoms with van der Waals surface area (Å²) in [4.78, 5) is 12.2. The molecule has 1 aromatic heterocycles. The van der Waals surface area contributed by atoms with Gasteiger partial charge in [-0.25, -0.2) is 9.18 Å². The van der Waals surface area contributed by atoms with Crippen LogP contribution in [0.4, 0.5) is 4.39 Å². The van der Waals surface area contributed by atoms with E-state index in [1.807, 2.05) is 36.4 Å². The molecule has 0 radical (unpaired) electrons. The van der Waals surface area contributed by atoms with Crippen LogP contribution in [0, 0.1) is 12.7 Å². The summed E-state index contributed by atoms with van der Waals surface area (Å²) >= 11 is 0. The van der Waals surface area contributed by atoms with Crippen LogP contribution in [-0.2, 0) is 19.6 Å². The van der Waals surface area contributed by atoms with Gasteiger partial charge in [0, 0.05) is 36.1 Å². The lowest BCUT2D eigenvalue weighted by atomic mass is 10.1. The Balaban J connectivity index is 1.70. The average molecular weight is 402 g/mol. The third-order valence-corrected chi connectivity index (χ3v) is 5.41. The van der Waals surface area contributed by atoms with Gasteiger partial charge in [-0.1, -0.05) is 54.6 Å². The van der Waals surface area contributed by atoms with Gasteiger partial charge < -0.3 is 15.0 Å². The second-order valence-electron chi connectivity index (χ2n) is 7.39. The average Bonchev–Trinajstić information content (AvgIpc) is 3.05. The second-order valence-corrected chi connectivity index (χ2v) is 7.39. The van der Waals surface area contributed by atoms with Gasteiger partial charge in [-0.15, -0.1) is 0 Å². The van der Waals surface area contributed by atoms with Crippen LogP contribution in [0.3, 0.4) is 0 Å². The summed E-state index contributed by atoms with van der Waals surface area (Å²) in [5, 5.41) is 14.3. The van der Waals surface area contributed by atoms with E-state index in [0.29, 0.717) is 19.6 Å². The Morgan fingerprint density at radius 2 is 1.67 bits per heavy atom. The van der Waals surface area contributed by atoms with Crippen molar-refractivity contribution in [2.45, 2.75) is 26.6 Å². The Labute approximate surface area is 174 Å². The van der Waals surface area contributed by atoms with E-state index < -0.39 is 5.97 Å². The molecule has 2 N–H and O–H groups in total. The van der Waals surface area contributed by atoms with Gasteiger partial charge in [0.05, 0.1) is 0 Å². The van der Waals surface area contributed by atoms with Crippen molar-refractivity contribution in [2.24, 2.45) is 0 Å². The van der Waals surface area contributed by atoms with Crippen LogP contribution in [0.2, 0.25) is 0 Å². The first-order valence-electron chi connectivity index (χ1n) is 9.87. The lowest BCUT2D eigenvalue weighted by molar-refractivity contribution is 0.0684. The van der Waals surface area contributed by atoms with E-state index in [4.69, 9.17) is 0 Å². The molecule has 0 saturated carbocycles. The Kier molecular flexibility index (Phi) is 5.63. The van der Waals surface area contributed by atoms with E-state index in [2.05, 4.69) is 24.4 Å². The van der Waals surface area contributed by atoms with Crippen molar-refractivity contribution in [1.82, 2.24) is 9.88 Å². The zero-order valence-corrected chi connectivity index (χ0v) is 16.7. The largest absolute Gasteiger partial charge is 0.477 e. The minimum atomic E-state index is -0.971. The number of aromatic nitrogens is 1. The summed E-state index contributed by atoms with van der Waals surface area (Å²) in [6, 6.07) is 22.0. The van der Waals surface area contributed by atoms with E-state index in [-0.39, 0.29) is 11.5 Å². The van der Waals surface area contributed by atoms with Gasteiger partial charge >= 0.3 is 5.97 Å². The lowest BCUT2D eigenvalue weighted by Gasteiger charge is -2.11. The summed E-state index contributed by atoms with van der Waals surface area (Å²) in [7, 11) is 0. The molecule has 4 aromatic rings. The molecule has 0 spiro atoms. The highest BCUT2D eigenvalue weighted by Crippen LogP contribution is 2.28. The fraction of sp³-hybridized carbons (Fsp3) is 0.160. The number of hydrogen-bond acceptors (Lipinski definition) is 2. The number of hydrogen-bond donors (Lipinski definition) is 2. The number of halogens is 1. The first kappa shape index (κ1) is 19.9. The number of carboxylic acids is 1. The Bertz CT molecular complexity index is 1200. The second kappa shape index (κ2) is 8.51. The van der Waals surface area contributed by atoms with Gasteiger partial charge in [-0.2, -0.15) is 0 Å². The normalized spacial score (nSPS) is 11.1. The molecular weight excluding hydrogens is 379 g/mol. The van der Waals surface area contributed by atoms with Crippen LogP contribution in [0.1, 0.15) is 32.7 Å². The highest BCUT2D eigenvalue weighted by atomic mass is 19.1. The first-order chi connectivity index (χ1) is 14.5. The van der Waals surface area contributed by atoms with E-state index in [1.54, 1.807) is 16.7 Å². The van der Waals surface area contributed by atoms with Gasteiger partial charge in [-0.3, -0.25) is 0 Å². The SMILES string of the molecule is Cc1ccccc1CNCc1c(C(=O)O)n(Cc2ccc(F)cc2)c2ccccc12. The molecule has 0 fully saturated rings. The van der Waals surface area contributed by atoms with Crippen molar-refractivity contribution in [2.75, 3.05) is 0 Å². The minimum Gasteiger partial charge on any atom is -0.477 e. The maximum absolute atomic E-state index is 13.3. The Hall–Kier alpha value is -3.44. The van der Waals surface area contributed by atoms with Crippen molar-refractivity contribution in [3.63, 3.8) is 0 Å². The summed E-state index contributed by atoms with van der Waals surface area (Å²) in [5.74, 6) is -1.28. The number of carbonyl (C=O) groups is 1. The molecule has 0 saturated heterocycles. The van der Waals surface area contributed by atoms with Crippen molar-refractivity contribution < 1.29 is 14.3 Å². The van der Waals surface area contributed by atoms with Crippen LogP contribution >= 0.6 is 0 Å². The Morgan fingerprint density at radius 3 is 2.40 bits per heavy atom. The van der Waals surface area contributed by atoms with E-state index in [1.165, 1.54) is 23.3 Å². The molecular formula is C25H23FN2O2. The molecule has 4 nitrogen and oxygen atoms in total. The number of nitrogens with zero attached hydrogens (tertiary/aromatic N) is 1. The van der Waals surface area contributed by atoms with E-state index in [0.717, 1.165) is 22.0 Å². The fourth-order valence-electron chi connectivity index (χ4n) is 3.87. The first-order valence-corrected chi connectivity index (χ1v) is 9.87. The monoisotopic (exact) mass is 402 g/mol. The van der Waals surface area contributed by atoms with Gasteiger partial charge in [0.2, 0.25) is 0 Å². The van der Waals surface area contributed by atoms with Crippen molar-refractivity contribution in [3.8, 4) is 0 Å². The number of aryl methyl sites for hydroxylation is 1. The number of aromatic carboxylic acids is 1. The molecule has 0 unspecified atom stereocenters. The van der Waals surface area contributed by atoms with Crippen LogP contribution in [0.5, 0.6) is 0 Å². The number of nitrogens with one attached hydrogen (secondary N) is 1. The predicted molar refractivity (Wildman–Crippen MR) is 116 cm³/mol. The van der Waals surface area contributed by atoms with Crippen LogP contribution in [-0.4, -0.2) is 15.6 Å². The fourth-order valence-corrected chi connectivity index (χ4v) is 3.87. The number of benzene rings is 3. The maximum atomic E-state index is 13.3. The van der Waals surface area contributed by atoms with Crippen molar-refractivity contribution in [3.05, 3.63) is 107 Å². The predicted octanol–water partition coefficient (Wildman–Crippen LogP) is 5.13. The molecule has 4 rings (SSSR count). The van der Waals surface area contributed by atoms with Gasteiger partial charge in [-0.05, 0) is 41.8 Å². The molecule has 0 aliphatic rings. The molecule has 0 bridgehead atoms. The number of carboxylic acid groups (broad SMARTS) is 1. The summed E-state index contributed by atoms with van der Waals surface area (Å²) in [6.07, 6.45) is 0. The molecule has 1 heterocycles. The summed E-state index contributed by atoms with van der Waals surface area (Å²) in [6.45, 7) is 3.52. The lowest BCUT2D eigenvalue weighted by Crippen LogP contribution is -2.17. The summed E-state index contributed by atoms with van der Waals surface area (Å²) in [5.41, 5.74) is 5.10. The number of rotatable bonds is 7. The standard InChI is InChI=1S/C25H23FN2O2/c1-17-6-2-3-7-19(17)14-27-15-22-21-8-4-5-9-23(21)28(24(22)25(29)30)16-18-10-12-20(26)13-11-18/h2-13,27H,14-16H2,1H3,(H,29,30). The van der Waals surface area contributed by atoms with Crippen LogP contribution in [0.25, 0.3) is 10.9 Å². The molecule has 0 atom stereocenters. The molecule has 0 amide bonds. The molecule has 30 heavy (non-hydrogen) atoms. The van der Waals surface area contributed by atoms with Gasteiger partial charge in [0.25, 0.3) is 0 Å². The van der Waals surface area contributed by atoms with E-state index >= 15 is 0 Å². The third kappa shape index (κ3) is 3.98. The highest BCUT2D eigenvalue weighted by Gasteiger charge is 2.22. The van der Waals surface area contributed by atoms with Crippen LogP contribution in [0.15, 0.2) is 72.8 Å². The minimum absolute atomic E-state index is 0.262. The van der Waals surface area contributed by atoms with Gasteiger partial charge in [0.1, 0.15) is 11.5 Å². The third-order valence-electron chi connectivity index (χ3n) is 5.41. The molecule has 5 heteroatoms.